The molecule has 0 aliphatic carbocycles. The molecule has 1 unspecified atom stereocenters. The predicted octanol–water partition coefficient (Wildman–Crippen LogP) is 1.16. The predicted molar refractivity (Wildman–Crippen MR) is 54.8 cm³/mol. The minimum atomic E-state index is 0.102. The number of nitrogens with zero attached hydrogens (tertiary/aromatic N) is 2. The van der Waals surface area contributed by atoms with Gasteiger partial charge in [-0.1, -0.05) is 0 Å². The highest BCUT2D eigenvalue weighted by Gasteiger charge is 2.18. The van der Waals surface area contributed by atoms with Gasteiger partial charge in [0.05, 0.1) is 16.7 Å². The molecular formula is C9H15N3S. The zero-order valence-corrected chi connectivity index (χ0v) is 8.68. The van der Waals surface area contributed by atoms with Crippen LogP contribution in [0.1, 0.15) is 23.2 Å². The molecule has 1 atom stereocenters. The average molecular weight is 197 g/mol. The molecule has 3 nitrogen and oxygen atoms in total. The Hall–Kier alpha value is -0.450. The van der Waals surface area contributed by atoms with Crippen molar-refractivity contribution < 1.29 is 0 Å². The molecular weight excluding hydrogens is 182 g/mol. The van der Waals surface area contributed by atoms with Crippen LogP contribution < -0.4 is 5.73 Å². The third-order valence-corrected chi connectivity index (χ3v) is 3.21. The molecule has 1 saturated heterocycles. The summed E-state index contributed by atoms with van der Waals surface area (Å²) in [6.07, 6.45) is 1.32. The molecule has 72 valence electrons. The fourth-order valence-electron chi connectivity index (χ4n) is 1.49. The van der Waals surface area contributed by atoms with Crippen LogP contribution in [0.15, 0.2) is 5.38 Å². The van der Waals surface area contributed by atoms with Crippen LogP contribution in [-0.2, 0) is 0 Å². The second kappa shape index (κ2) is 3.74. The molecule has 1 aromatic rings. The van der Waals surface area contributed by atoms with Gasteiger partial charge in [-0.2, -0.15) is 0 Å². The van der Waals surface area contributed by atoms with Crippen molar-refractivity contribution in [2.45, 2.75) is 19.4 Å². The first-order valence-electron chi connectivity index (χ1n) is 4.65. The van der Waals surface area contributed by atoms with Gasteiger partial charge in [-0.05, 0) is 26.4 Å². The SMILES string of the molecule is Cc1nc(C(N)CN2CCC2)cs1. The Morgan fingerprint density at radius 2 is 2.46 bits per heavy atom. The van der Waals surface area contributed by atoms with E-state index in [0.29, 0.717) is 0 Å². The zero-order valence-electron chi connectivity index (χ0n) is 7.86. The lowest BCUT2D eigenvalue weighted by Gasteiger charge is -2.32. The van der Waals surface area contributed by atoms with E-state index in [1.807, 2.05) is 6.92 Å². The maximum absolute atomic E-state index is 6.02. The van der Waals surface area contributed by atoms with Gasteiger partial charge < -0.3 is 10.6 Å². The second-order valence-corrected chi connectivity index (χ2v) is 4.61. The fourth-order valence-corrected chi connectivity index (χ4v) is 2.16. The van der Waals surface area contributed by atoms with Crippen molar-refractivity contribution in [1.29, 1.82) is 0 Å². The highest BCUT2D eigenvalue weighted by atomic mass is 32.1. The smallest absolute Gasteiger partial charge is 0.0898 e. The average Bonchev–Trinajstić information content (AvgIpc) is 2.44. The number of hydrogen-bond donors (Lipinski definition) is 1. The molecule has 1 aliphatic rings. The zero-order chi connectivity index (χ0) is 9.26. The number of likely N-dealkylation sites (tertiary alicyclic amines) is 1. The topological polar surface area (TPSA) is 42.1 Å². The van der Waals surface area contributed by atoms with Crippen molar-refractivity contribution in [3.63, 3.8) is 0 Å². The summed E-state index contributed by atoms with van der Waals surface area (Å²) in [5.74, 6) is 0. The van der Waals surface area contributed by atoms with Crippen LogP contribution >= 0.6 is 11.3 Å². The summed E-state index contributed by atoms with van der Waals surface area (Å²) in [5, 5.41) is 3.17. The summed E-state index contributed by atoms with van der Waals surface area (Å²) in [4.78, 5) is 6.76. The molecule has 2 rings (SSSR count). The van der Waals surface area contributed by atoms with Gasteiger partial charge in [0.1, 0.15) is 0 Å². The van der Waals surface area contributed by atoms with Crippen molar-refractivity contribution in [2.24, 2.45) is 5.73 Å². The van der Waals surface area contributed by atoms with Crippen molar-refractivity contribution in [3.05, 3.63) is 16.1 Å². The van der Waals surface area contributed by atoms with Gasteiger partial charge in [0.25, 0.3) is 0 Å². The normalized spacial score (nSPS) is 19.8. The van der Waals surface area contributed by atoms with Crippen LogP contribution in [0.3, 0.4) is 0 Å². The number of aryl methyl sites for hydroxylation is 1. The molecule has 1 aliphatic heterocycles. The van der Waals surface area contributed by atoms with E-state index in [0.717, 1.165) is 17.2 Å². The van der Waals surface area contributed by atoms with E-state index in [1.54, 1.807) is 11.3 Å². The lowest BCUT2D eigenvalue weighted by molar-refractivity contribution is 0.170. The molecule has 4 heteroatoms. The molecule has 2 heterocycles. The van der Waals surface area contributed by atoms with Gasteiger partial charge in [0.15, 0.2) is 0 Å². The van der Waals surface area contributed by atoms with Gasteiger partial charge in [0.2, 0.25) is 0 Å². The molecule has 0 saturated carbocycles. The first-order chi connectivity index (χ1) is 6.25. The van der Waals surface area contributed by atoms with E-state index < -0.39 is 0 Å². The highest BCUT2D eigenvalue weighted by Crippen LogP contribution is 2.17. The summed E-state index contributed by atoms with van der Waals surface area (Å²) >= 11 is 1.68. The molecule has 0 aromatic carbocycles. The monoisotopic (exact) mass is 197 g/mol. The minimum absolute atomic E-state index is 0.102. The van der Waals surface area contributed by atoms with Crippen LogP contribution in [0.25, 0.3) is 0 Å². The third-order valence-electron chi connectivity index (χ3n) is 2.42. The van der Waals surface area contributed by atoms with Crippen molar-refractivity contribution in [1.82, 2.24) is 9.88 Å². The van der Waals surface area contributed by atoms with E-state index >= 15 is 0 Å². The fraction of sp³-hybridized carbons (Fsp3) is 0.667. The molecule has 0 bridgehead atoms. The van der Waals surface area contributed by atoms with Crippen LogP contribution in [0, 0.1) is 6.92 Å². The van der Waals surface area contributed by atoms with Crippen LogP contribution in [-0.4, -0.2) is 29.5 Å². The number of aromatic nitrogens is 1. The van der Waals surface area contributed by atoms with E-state index in [1.165, 1.54) is 19.5 Å². The van der Waals surface area contributed by atoms with Gasteiger partial charge in [-0.3, -0.25) is 0 Å². The Balaban J connectivity index is 1.92. The van der Waals surface area contributed by atoms with Gasteiger partial charge in [-0.25, -0.2) is 4.98 Å². The molecule has 2 N–H and O–H groups in total. The molecule has 0 radical (unpaired) electrons. The molecule has 1 aromatic heterocycles. The Bertz CT molecular complexity index is 280. The standard InChI is InChI=1S/C9H15N3S/c1-7-11-9(6-13-7)8(10)5-12-3-2-4-12/h6,8H,2-5,10H2,1H3. The molecule has 13 heavy (non-hydrogen) atoms. The Morgan fingerprint density at radius 3 is 2.92 bits per heavy atom. The van der Waals surface area contributed by atoms with Crippen molar-refractivity contribution >= 4 is 11.3 Å². The molecule has 0 amide bonds. The largest absolute Gasteiger partial charge is 0.322 e. The first-order valence-corrected chi connectivity index (χ1v) is 5.53. The van der Waals surface area contributed by atoms with E-state index in [-0.39, 0.29) is 6.04 Å². The lowest BCUT2D eigenvalue weighted by Crippen LogP contribution is -2.41. The third kappa shape index (κ3) is 2.07. The summed E-state index contributed by atoms with van der Waals surface area (Å²) < 4.78 is 0. The molecule has 0 spiro atoms. The van der Waals surface area contributed by atoms with Crippen LogP contribution in [0.5, 0.6) is 0 Å². The maximum atomic E-state index is 6.02. The summed E-state index contributed by atoms with van der Waals surface area (Å²) in [7, 11) is 0. The number of thiazole rings is 1. The Kier molecular flexibility index (Phi) is 2.62. The Morgan fingerprint density at radius 1 is 1.69 bits per heavy atom. The van der Waals surface area contributed by atoms with E-state index in [4.69, 9.17) is 5.73 Å². The first kappa shape index (κ1) is 9.12. The molecule has 1 fully saturated rings. The highest BCUT2D eigenvalue weighted by molar-refractivity contribution is 7.09. The van der Waals surface area contributed by atoms with Crippen LogP contribution in [0.2, 0.25) is 0 Å². The van der Waals surface area contributed by atoms with Gasteiger partial charge in [-0.15, -0.1) is 11.3 Å². The van der Waals surface area contributed by atoms with Crippen molar-refractivity contribution in [2.75, 3.05) is 19.6 Å². The van der Waals surface area contributed by atoms with E-state index in [2.05, 4.69) is 15.3 Å². The summed E-state index contributed by atoms with van der Waals surface area (Å²) in [5.41, 5.74) is 7.07. The number of hydrogen-bond acceptors (Lipinski definition) is 4. The van der Waals surface area contributed by atoms with Crippen molar-refractivity contribution in [3.8, 4) is 0 Å². The minimum Gasteiger partial charge on any atom is -0.322 e. The lowest BCUT2D eigenvalue weighted by atomic mass is 10.1. The number of rotatable bonds is 3. The van der Waals surface area contributed by atoms with Gasteiger partial charge >= 0.3 is 0 Å². The second-order valence-electron chi connectivity index (χ2n) is 3.55. The Labute approximate surface area is 82.6 Å². The van der Waals surface area contributed by atoms with Crippen LogP contribution in [0.4, 0.5) is 0 Å². The number of nitrogens with two attached hydrogens (primary N) is 1. The summed E-state index contributed by atoms with van der Waals surface area (Å²) in [6, 6.07) is 0.102. The quantitative estimate of drug-likeness (QED) is 0.790. The maximum Gasteiger partial charge on any atom is 0.0898 e. The summed E-state index contributed by atoms with van der Waals surface area (Å²) in [6.45, 7) is 5.39. The van der Waals surface area contributed by atoms with E-state index in [9.17, 15) is 0 Å². The van der Waals surface area contributed by atoms with Gasteiger partial charge in [0, 0.05) is 11.9 Å².